The Balaban J connectivity index is 1.77. The SMILES string of the molecule is Cc1ccc(CN(C)C(=O)c2cc(S(=O)(=O)NCc3ccccc3)ccc2O)cc1. The third-order valence-electron chi connectivity index (χ3n) is 4.70. The smallest absolute Gasteiger partial charge is 0.257 e. The van der Waals surface area contributed by atoms with E-state index in [0.29, 0.717) is 6.54 Å². The molecule has 3 rings (SSSR count). The highest BCUT2D eigenvalue weighted by Gasteiger charge is 2.21. The quantitative estimate of drug-likeness (QED) is 0.608. The number of benzene rings is 3. The molecule has 2 N–H and O–H groups in total. The van der Waals surface area contributed by atoms with Gasteiger partial charge >= 0.3 is 0 Å². The highest BCUT2D eigenvalue weighted by atomic mass is 32.2. The van der Waals surface area contributed by atoms with E-state index in [4.69, 9.17) is 0 Å². The van der Waals surface area contributed by atoms with Crippen LogP contribution in [0.3, 0.4) is 0 Å². The summed E-state index contributed by atoms with van der Waals surface area (Å²) in [7, 11) is -2.24. The molecule has 30 heavy (non-hydrogen) atoms. The highest BCUT2D eigenvalue weighted by Crippen LogP contribution is 2.23. The normalized spacial score (nSPS) is 11.3. The zero-order valence-electron chi connectivity index (χ0n) is 16.9. The number of nitrogens with zero attached hydrogens (tertiary/aromatic N) is 1. The first-order chi connectivity index (χ1) is 14.3. The molecule has 0 unspecified atom stereocenters. The summed E-state index contributed by atoms with van der Waals surface area (Å²) >= 11 is 0. The van der Waals surface area contributed by atoms with Gasteiger partial charge in [-0.3, -0.25) is 4.79 Å². The van der Waals surface area contributed by atoms with Gasteiger partial charge in [0.05, 0.1) is 10.5 Å². The molecule has 0 atom stereocenters. The van der Waals surface area contributed by atoms with Crippen LogP contribution < -0.4 is 4.72 Å². The van der Waals surface area contributed by atoms with Gasteiger partial charge in [-0.1, -0.05) is 60.2 Å². The third kappa shape index (κ3) is 5.25. The van der Waals surface area contributed by atoms with Crippen LogP contribution in [-0.2, 0) is 23.1 Å². The monoisotopic (exact) mass is 424 g/mol. The summed E-state index contributed by atoms with van der Waals surface area (Å²) in [5.41, 5.74) is 2.80. The first-order valence-corrected chi connectivity index (χ1v) is 10.9. The van der Waals surface area contributed by atoms with E-state index in [9.17, 15) is 18.3 Å². The van der Waals surface area contributed by atoms with Gasteiger partial charge in [-0.2, -0.15) is 0 Å². The molecule has 0 heterocycles. The number of phenols is 1. The first kappa shape index (κ1) is 21.5. The molecule has 0 fully saturated rings. The van der Waals surface area contributed by atoms with Crippen molar-refractivity contribution in [3.05, 3.63) is 95.1 Å². The molecular weight excluding hydrogens is 400 g/mol. The molecule has 0 saturated carbocycles. The molecule has 0 aliphatic carbocycles. The summed E-state index contributed by atoms with van der Waals surface area (Å²) in [6.45, 7) is 2.44. The van der Waals surface area contributed by atoms with Gasteiger partial charge < -0.3 is 10.0 Å². The van der Waals surface area contributed by atoms with Crippen molar-refractivity contribution in [2.75, 3.05) is 7.05 Å². The Morgan fingerprint density at radius 2 is 1.63 bits per heavy atom. The maximum Gasteiger partial charge on any atom is 0.257 e. The Kier molecular flexibility index (Phi) is 6.54. The Morgan fingerprint density at radius 1 is 0.967 bits per heavy atom. The summed E-state index contributed by atoms with van der Waals surface area (Å²) < 4.78 is 27.9. The van der Waals surface area contributed by atoms with E-state index in [-0.39, 0.29) is 22.8 Å². The molecule has 3 aromatic carbocycles. The Hall–Kier alpha value is -3.16. The summed E-state index contributed by atoms with van der Waals surface area (Å²) in [5.74, 6) is -0.731. The molecule has 156 valence electrons. The predicted molar refractivity (Wildman–Crippen MR) is 116 cm³/mol. The Labute approximate surface area is 176 Å². The number of hydrogen-bond donors (Lipinski definition) is 2. The average molecular weight is 425 g/mol. The van der Waals surface area contributed by atoms with Gasteiger partial charge in [0.1, 0.15) is 5.75 Å². The van der Waals surface area contributed by atoms with E-state index in [2.05, 4.69) is 4.72 Å². The number of aryl methyl sites for hydroxylation is 1. The van der Waals surface area contributed by atoms with Gasteiger partial charge in [0.25, 0.3) is 5.91 Å². The zero-order valence-corrected chi connectivity index (χ0v) is 17.7. The Morgan fingerprint density at radius 3 is 2.30 bits per heavy atom. The summed E-state index contributed by atoms with van der Waals surface area (Å²) in [6.07, 6.45) is 0. The molecule has 6 nitrogen and oxygen atoms in total. The second kappa shape index (κ2) is 9.11. The lowest BCUT2D eigenvalue weighted by Crippen LogP contribution is -2.27. The van der Waals surface area contributed by atoms with Crippen LogP contribution in [0.1, 0.15) is 27.0 Å². The number of phenolic OH excluding ortho intramolecular Hbond substituents is 1. The summed E-state index contributed by atoms with van der Waals surface area (Å²) in [4.78, 5) is 14.2. The van der Waals surface area contributed by atoms with Gasteiger partial charge in [-0.15, -0.1) is 0 Å². The number of carbonyl (C=O) groups is 1. The minimum absolute atomic E-state index is 0.0628. The van der Waals surface area contributed by atoms with E-state index in [1.54, 1.807) is 7.05 Å². The van der Waals surface area contributed by atoms with Crippen LogP contribution in [0.25, 0.3) is 0 Å². The van der Waals surface area contributed by atoms with E-state index < -0.39 is 15.9 Å². The van der Waals surface area contributed by atoms with Gasteiger partial charge in [-0.25, -0.2) is 13.1 Å². The molecular formula is C23H24N2O4S. The number of nitrogens with one attached hydrogen (secondary N) is 1. The largest absolute Gasteiger partial charge is 0.507 e. The van der Waals surface area contributed by atoms with Crippen LogP contribution in [0.5, 0.6) is 5.75 Å². The van der Waals surface area contributed by atoms with E-state index in [1.165, 1.54) is 23.1 Å². The van der Waals surface area contributed by atoms with Crippen molar-refractivity contribution < 1.29 is 18.3 Å². The molecule has 0 aliphatic rings. The first-order valence-electron chi connectivity index (χ1n) is 9.44. The van der Waals surface area contributed by atoms with E-state index >= 15 is 0 Å². The van der Waals surface area contributed by atoms with Crippen LogP contribution >= 0.6 is 0 Å². The van der Waals surface area contributed by atoms with Crippen LogP contribution in [-0.4, -0.2) is 31.4 Å². The van der Waals surface area contributed by atoms with Crippen molar-refractivity contribution >= 4 is 15.9 Å². The lowest BCUT2D eigenvalue weighted by atomic mass is 10.1. The van der Waals surface area contributed by atoms with Crippen LogP contribution in [0.4, 0.5) is 0 Å². The van der Waals surface area contributed by atoms with Crippen LogP contribution in [0.15, 0.2) is 77.7 Å². The number of amides is 1. The lowest BCUT2D eigenvalue weighted by molar-refractivity contribution is 0.0782. The molecule has 0 spiro atoms. The molecule has 3 aromatic rings. The van der Waals surface area contributed by atoms with Crippen LogP contribution in [0.2, 0.25) is 0 Å². The number of sulfonamides is 1. The van der Waals surface area contributed by atoms with Crippen molar-refractivity contribution in [3.63, 3.8) is 0 Å². The van der Waals surface area contributed by atoms with Crippen molar-refractivity contribution in [2.45, 2.75) is 24.9 Å². The Bertz CT molecular complexity index is 1130. The summed E-state index contributed by atoms with van der Waals surface area (Å²) in [5, 5.41) is 10.2. The third-order valence-corrected chi connectivity index (χ3v) is 6.10. The van der Waals surface area contributed by atoms with Crippen molar-refractivity contribution in [1.82, 2.24) is 9.62 Å². The maximum absolute atomic E-state index is 12.8. The molecule has 0 aromatic heterocycles. The van der Waals surface area contributed by atoms with Crippen LogP contribution in [0, 0.1) is 6.92 Å². The van der Waals surface area contributed by atoms with Gasteiger partial charge in [0, 0.05) is 20.1 Å². The lowest BCUT2D eigenvalue weighted by Gasteiger charge is -2.19. The van der Waals surface area contributed by atoms with Gasteiger partial charge in [-0.05, 0) is 36.2 Å². The number of rotatable bonds is 7. The van der Waals surface area contributed by atoms with E-state index in [1.807, 2.05) is 61.5 Å². The van der Waals surface area contributed by atoms with Crippen molar-refractivity contribution in [2.24, 2.45) is 0 Å². The second-order valence-corrected chi connectivity index (χ2v) is 8.90. The number of carbonyl (C=O) groups excluding carboxylic acids is 1. The molecule has 0 bridgehead atoms. The molecule has 0 saturated heterocycles. The van der Waals surface area contributed by atoms with Crippen molar-refractivity contribution in [3.8, 4) is 5.75 Å². The molecule has 0 radical (unpaired) electrons. The van der Waals surface area contributed by atoms with Crippen molar-refractivity contribution in [1.29, 1.82) is 0 Å². The minimum atomic E-state index is -3.85. The molecule has 7 heteroatoms. The fraction of sp³-hybridized carbons (Fsp3) is 0.174. The molecule has 0 aliphatic heterocycles. The maximum atomic E-state index is 12.8. The standard InChI is InChI=1S/C23H24N2O4S/c1-17-8-10-19(11-9-17)16-25(2)23(27)21-14-20(12-13-22(21)26)30(28,29)24-15-18-6-4-3-5-7-18/h3-14,24,26H,15-16H2,1-2H3. The zero-order chi connectivity index (χ0) is 21.7. The number of aromatic hydroxyl groups is 1. The molecule has 1 amide bonds. The van der Waals surface area contributed by atoms with Gasteiger partial charge in [0.15, 0.2) is 0 Å². The fourth-order valence-corrected chi connectivity index (χ4v) is 4.00. The minimum Gasteiger partial charge on any atom is -0.507 e. The van der Waals surface area contributed by atoms with E-state index in [0.717, 1.165) is 16.7 Å². The number of hydrogen-bond acceptors (Lipinski definition) is 4. The topological polar surface area (TPSA) is 86.7 Å². The average Bonchev–Trinajstić information content (AvgIpc) is 2.74. The summed E-state index contributed by atoms with van der Waals surface area (Å²) in [6, 6.07) is 20.6. The second-order valence-electron chi connectivity index (χ2n) is 7.14. The van der Waals surface area contributed by atoms with Gasteiger partial charge in [0.2, 0.25) is 10.0 Å². The highest BCUT2D eigenvalue weighted by molar-refractivity contribution is 7.89. The predicted octanol–water partition coefficient (Wildman–Crippen LogP) is 3.45. The fourth-order valence-electron chi connectivity index (χ4n) is 2.96.